The molecule has 2 N–H and O–H groups in total. The molecule has 2 rings (SSSR count). The molecular formula is C22H22BrClN2O6. The van der Waals surface area contributed by atoms with Crippen molar-refractivity contribution >= 4 is 62.7 Å². The van der Waals surface area contributed by atoms with Gasteiger partial charge >= 0.3 is 11.9 Å². The fraction of sp³-hybridized carbons (Fsp3) is 0.273. The largest absolute Gasteiger partial charge is 0.459 e. The molecule has 170 valence electrons. The van der Waals surface area contributed by atoms with Gasteiger partial charge in [0.15, 0.2) is 6.61 Å². The second-order valence-electron chi connectivity index (χ2n) is 6.91. The number of amides is 2. The van der Waals surface area contributed by atoms with Crippen LogP contribution in [0.3, 0.4) is 0 Å². The van der Waals surface area contributed by atoms with E-state index in [0.29, 0.717) is 22.0 Å². The third kappa shape index (κ3) is 8.68. The Balaban J connectivity index is 1.71. The number of halogens is 2. The predicted molar refractivity (Wildman–Crippen MR) is 124 cm³/mol. The highest BCUT2D eigenvalue weighted by atomic mass is 79.9. The molecule has 32 heavy (non-hydrogen) atoms. The first-order valence-corrected chi connectivity index (χ1v) is 10.8. The monoisotopic (exact) mass is 524 g/mol. The summed E-state index contributed by atoms with van der Waals surface area (Å²) in [5.41, 5.74) is 1.22. The van der Waals surface area contributed by atoms with E-state index < -0.39 is 30.4 Å². The van der Waals surface area contributed by atoms with Crippen LogP contribution in [-0.4, -0.2) is 36.5 Å². The SMILES string of the molecule is CC(C)OC(=O)c1ccc(NC(=O)CCC(=O)OCC(=O)Nc2ccc(Br)cc2Cl)cc1. The molecule has 0 spiro atoms. The van der Waals surface area contributed by atoms with E-state index in [0.717, 1.165) is 4.47 Å². The number of nitrogens with one attached hydrogen (secondary N) is 2. The molecule has 8 nitrogen and oxygen atoms in total. The molecule has 10 heteroatoms. The van der Waals surface area contributed by atoms with Crippen molar-refractivity contribution in [2.24, 2.45) is 0 Å². The quantitative estimate of drug-likeness (QED) is 0.464. The van der Waals surface area contributed by atoms with Crippen LogP contribution in [0.2, 0.25) is 5.02 Å². The summed E-state index contributed by atoms with van der Waals surface area (Å²) in [6.07, 6.45) is -0.557. The fourth-order valence-corrected chi connectivity index (χ4v) is 3.13. The van der Waals surface area contributed by atoms with Crippen LogP contribution in [0.5, 0.6) is 0 Å². The Hall–Kier alpha value is -2.91. The lowest BCUT2D eigenvalue weighted by molar-refractivity contribution is -0.147. The lowest BCUT2D eigenvalue weighted by Crippen LogP contribution is -2.22. The van der Waals surface area contributed by atoms with Crippen molar-refractivity contribution in [2.75, 3.05) is 17.2 Å². The minimum absolute atomic E-state index is 0.129. The number of carbonyl (C=O) groups is 4. The first kappa shape index (κ1) is 25.4. The van der Waals surface area contributed by atoms with Gasteiger partial charge in [-0.05, 0) is 56.3 Å². The van der Waals surface area contributed by atoms with E-state index in [1.807, 2.05) is 0 Å². The summed E-state index contributed by atoms with van der Waals surface area (Å²) < 4.78 is 10.7. The number of hydrogen-bond donors (Lipinski definition) is 2. The first-order chi connectivity index (χ1) is 15.1. The molecule has 0 aromatic heterocycles. The molecule has 0 aliphatic carbocycles. The number of hydrogen-bond acceptors (Lipinski definition) is 6. The number of rotatable bonds is 9. The summed E-state index contributed by atoms with van der Waals surface area (Å²) >= 11 is 9.27. The molecule has 2 aromatic carbocycles. The molecule has 0 fully saturated rings. The summed E-state index contributed by atoms with van der Waals surface area (Å²) in [7, 11) is 0. The summed E-state index contributed by atoms with van der Waals surface area (Å²) in [6, 6.07) is 11.1. The minimum atomic E-state index is -0.691. The summed E-state index contributed by atoms with van der Waals surface area (Å²) in [5.74, 6) is -2.11. The topological polar surface area (TPSA) is 111 Å². The average Bonchev–Trinajstić information content (AvgIpc) is 2.73. The van der Waals surface area contributed by atoms with Gasteiger partial charge in [0.1, 0.15) is 0 Å². The fourth-order valence-electron chi connectivity index (χ4n) is 2.41. The van der Waals surface area contributed by atoms with Gasteiger partial charge in [0.25, 0.3) is 5.91 Å². The third-order valence-corrected chi connectivity index (χ3v) is 4.68. The maximum Gasteiger partial charge on any atom is 0.338 e. The Morgan fingerprint density at radius 2 is 1.66 bits per heavy atom. The number of anilines is 2. The van der Waals surface area contributed by atoms with Crippen LogP contribution >= 0.6 is 27.5 Å². The van der Waals surface area contributed by atoms with Gasteiger partial charge in [-0.15, -0.1) is 0 Å². The van der Waals surface area contributed by atoms with Crippen molar-refractivity contribution < 1.29 is 28.7 Å². The highest BCUT2D eigenvalue weighted by molar-refractivity contribution is 9.10. The Morgan fingerprint density at radius 1 is 0.969 bits per heavy atom. The van der Waals surface area contributed by atoms with Crippen LogP contribution in [0.15, 0.2) is 46.9 Å². The van der Waals surface area contributed by atoms with E-state index in [2.05, 4.69) is 26.6 Å². The van der Waals surface area contributed by atoms with E-state index in [4.69, 9.17) is 21.1 Å². The molecule has 0 heterocycles. The smallest absolute Gasteiger partial charge is 0.338 e. The van der Waals surface area contributed by atoms with E-state index in [9.17, 15) is 19.2 Å². The highest BCUT2D eigenvalue weighted by Crippen LogP contribution is 2.25. The van der Waals surface area contributed by atoms with Crippen LogP contribution in [0.25, 0.3) is 0 Å². The number of benzene rings is 2. The van der Waals surface area contributed by atoms with Crippen LogP contribution in [0.1, 0.15) is 37.0 Å². The molecule has 0 unspecified atom stereocenters. The van der Waals surface area contributed by atoms with E-state index >= 15 is 0 Å². The Labute approximate surface area is 198 Å². The Morgan fingerprint density at radius 3 is 2.28 bits per heavy atom. The summed E-state index contributed by atoms with van der Waals surface area (Å²) in [4.78, 5) is 47.5. The van der Waals surface area contributed by atoms with Crippen LogP contribution in [-0.2, 0) is 23.9 Å². The van der Waals surface area contributed by atoms with Crippen molar-refractivity contribution in [1.29, 1.82) is 0 Å². The van der Waals surface area contributed by atoms with Crippen molar-refractivity contribution in [3.05, 3.63) is 57.5 Å². The van der Waals surface area contributed by atoms with Crippen molar-refractivity contribution in [1.82, 2.24) is 0 Å². The standard InChI is InChI=1S/C22H22BrClN2O6/c1-13(2)32-22(30)14-3-6-16(7-4-14)25-19(27)9-10-21(29)31-12-20(28)26-18-8-5-15(23)11-17(18)24/h3-8,11,13H,9-10,12H2,1-2H3,(H,25,27)(H,26,28). The van der Waals surface area contributed by atoms with E-state index in [-0.39, 0.29) is 18.9 Å². The molecule has 0 saturated carbocycles. The van der Waals surface area contributed by atoms with Crippen molar-refractivity contribution in [2.45, 2.75) is 32.8 Å². The Bertz CT molecular complexity index is 994. The first-order valence-electron chi connectivity index (χ1n) is 9.65. The molecule has 0 saturated heterocycles. The van der Waals surface area contributed by atoms with E-state index in [1.165, 1.54) is 12.1 Å². The molecule has 2 aromatic rings. The van der Waals surface area contributed by atoms with Gasteiger partial charge in [-0.1, -0.05) is 27.5 Å². The summed E-state index contributed by atoms with van der Waals surface area (Å²) in [6.45, 7) is 3.00. The lowest BCUT2D eigenvalue weighted by Gasteiger charge is -2.09. The zero-order valence-corrected chi connectivity index (χ0v) is 19.8. The van der Waals surface area contributed by atoms with Crippen LogP contribution < -0.4 is 10.6 Å². The van der Waals surface area contributed by atoms with Gasteiger partial charge in [0, 0.05) is 16.6 Å². The molecule has 0 aliphatic heterocycles. The highest BCUT2D eigenvalue weighted by Gasteiger charge is 2.13. The number of carbonyl (C=O) groups excluding carboxylic acids is 4. The maximum atomic E-state index is 12.0. The number of ether oxygens (including phenoxy) is 2. The van der Waals surface area contributed by atoms with Crippen LogP contribution in [0.4, 0.5) is 11.4 Å². The molecule has 0 atom stereocenters. The average molecular weight is 526 g/mol. The molecular weight excluding hydrogens is 504 g/mol. The van der Waals surface area contributed by atoms with Gasteiger partial charge in [-0.2, -0.15) is 0 Å². The van der Waals surface area contributed by atoms with Gasteiger partial charge < -0.3 is 20.1 Å². The molecule has 0 radical (unpaired) electrons. The normalized spacial score (nSPS) is 10.4. The van der Waals surface area contributed by atoms with Crippen molar-refractivity contribution in [3.63, 3.8) is 0 Å². The molecule has 0 aliphatic rings. The Kier molecular flexibility index (Phi) is 9.67. The van der Waals surface area contributed by atoms with E-state index in [1.54, 1.807) is 44.2 Å². The van der Waals surface area contributed by atoms with Gasteiger partial charge in [0.05, 0.1) is 28.8 Å². The predicted octanol–water partition coefficient (Wildman–Crippen LogP) is 4.57. The van der Waals surface area contributed by atoms with Gasteiger partial charge in [0.2, 0.25) is 5.91 Å². The van der Waals surface area contributed by atoms with Gasteiger partial charge in [-0.25, -0.2) is 4.79 Å². The second kappa shape index (κ2) is 12.2. The van der Waals surface area contributed by atoms with Crippen molar-refractivity contribution in [3.8, 4) is 0 Å². The van der Waals surface area contributed by atoms with Gasteiger partial charge in [-0.3, -0.25) is 14.4 Å². The van der Waals surface area contributed by atoms with Crippen LogP contribution in [0, 0.1) is 0 Å². The zero-order chi connectivity index (χ0) is 23.7. The zero-order valence-electron chi connectivity index (χ0n) is 17.4. The number of esters is 2. The second-order valence-corrected chi connectivity index (χ2v) is 8.24. The minimum Gasteiger partial charge on any atom is -0.459 e. The molecule has 2 amide bonds. The molecule has 0 bridgehead atoms. The third-order valence-electron chi connectivity index (χ3n) is 3.87. The lowest BCUT2D eigenvalue weighted by atomic mass is 10.2. The maximum absolute atomic E-state index is 12.0. The summed E-state index contributed by atoms with van der Waals surface area (Å²) in [5, 5.41) is 5.48.